The van der Waals surface area contributed by atoms with Crippen LogP contribution in [0.5, 0.6) is 0 Å². The zero-order valence-corrected chi connectivity index (χ0v) is 16.8. The fraction of sp³-hybridized carbons (Fsp3) is 0.200. The van der Waals surface area contributed by atoms with Crippen molar-refractivity contribution in [3.63, 3.8) is 0 Å². The summed E-state index contributed by atoms with van der Waals surface area (Å²) in [6, 6.07) is 19.3. The van der Waals surface area contributed by atoms with Gasteiger partial charge in [-0.1, -0.05) is 60.7 Å². The summed E-state index contributed by atoms with van der Waals surface area (Å²) < 4.78 is 38.6. The first-order chi connectivity index (χ1) is 12.0. The minimum Gasteiger partial charge on any atom is -0.310 e. The summed E-state index contributed by atoms with van der Waals surface area (Å²) in [7, 11) is -5.09. The van der Waals surface area contributed by atoms with Gasteiger partial charge in [0.15, 0.2) is 0 Å². The maximum absolute atomic E-state index is 13.2. The summed E-state index contributed by atoms with van der Waals surface area (Å²) in [4.78, 5) is 3.13. The first-order valence-corrected chi connectivity index (χ1v) is 12.3. The van der Waals surface area contributed by atoms with Crippen LogP contribution in [-0.2, 0) is 18.1 Å². The van der Waals surface area contributed by atoms with Crippen LogP contribution in [0.25, 0.3) is 0 Å². The Kier molecular flexibility index (Phi) is 5.48. The second-order valence-corrected chi connectivity index (χ2v) is 12.8. The molecular formula is C15H20N3O4P3. The third-order valence-electron chi connectivity index (χ3n) is 3.73. The quantitative estimate of drug-likeness (QED) is 0.756. The van der Waals surface area contributed by atoms with Crippen LogP contribution in [0.4, 0.5) is 0 Å². The topological polar surface area (TPSA) is 81.5 Å². The molecule has 0 aliphatic carbocycles. The van der Waals surface area contributed by atoms with Crippen LogP contribution >= 0.6 is 22.5 Å². The molecule has 1 aliphatic rings. The van der Waals surface area contributed by atoms with E-state index in [2.05, 4.69) is 9.37 Å². The van der Waals surface area contributed by atoms with Crippen molar-refractivity contribution < 1.29 is 18.1 Å². The zero-order chi connectivity index (χ0) is 18.0. The molecular weight excluding hydrogens is 379 g/mol. The molecule has 3 rings (SSSR count). The molecule has 0 saturated heterocycles. The van der Waals surface area contributed by atoms with Gasteiger partial charge in [0.2, 0.25) is 0 Å². The standard InChI is InChI=1S/C15H20N3O4P3/c1-20-24(19)16-23(14-10-6-4-7-11-14,15-12-8-5-9-13-15)17-25(18-24,21-2)22-3/h4-13H,1-3H3,(H,16,19). The third kappa shape index (κ3) is 3.47. The molecule has 0 fully saturated rings. The Morgan fingerprint density at radius 1 is 0.760 bits per heavy atom. The molecule has 1 atom stereocenters. The largest absolute Gasteiger partial charge is 0.395 e. The molecule has 1 aliphatic heterocycles. The predicted octanol–water partition coefficient (Wildman–Crippen LogP) is 4.35. The Morgan fingerprint density at radius 2 is 1.24 bits per heavy atom. The van der Waals surface area contributed by atoms with Crippen LogP contribution < -0.4 is 15.5 Å². The van der Waals surface area contributed by atoms with E-state index in [0.717, 1.165) is 10.6 Å². The highest BCUT2D eigenvalue weighted by atomic mass is 31.3. The summed E-state index contributed by atoms with van der Waals surface area (Å²) in [5.74, 6) is 0. The van der Waals surface area contributed by atoms with Crippen molar-refractivity contribution in [2.45, 2.75) is 0 Å². The van der Waals surface area contributed by atoms with Gasteiger partial charge in [0, 0.05) is 31.9 Å². The van der Waals surface area contributed by atoms with Crippen LogP contribution in [0.3, 0.4) is 0 Å². The van der Waals surface area contributed by atoms with E-state index in [9.17, 15) is 4.57 Å². The van der Waals surface area contributed by atoms with Gasteiger partial charge < -0.3 is 13.6 Å². The summed E-state index contributed by atoms with van der Waals surface area (Å²) in [5, 5.41) is 1.79. The first kappa shape index (κ1) is 18.8. The van der Waals surface area contributed by atoms with E-state index in [1.807, 2.05) is 60.7 Å². The number of rotatable bonds is 5. The number of nitrogens with zero attached hydrogens (tertiary/aromatic N) is 2. The average molecular weight is 399 g/mol. The van der Waals surface area contributed by atoms with Crippen LogP contribution in [0.1, 0.15) is 0 Å². The second kappa shape index (κ2) is 7.30. The minimum atomic E-state index is -3.57. The van der Waals surface area contributed by atoms with Gasteiger partial charge in [-0.3, -0.25) is 0 Å². The maximum Gasteiger partial charge on any atom is 0.395 e. The number of nitrogens with one attached hydrogen (secondary N) is 1. The summed E-state index contributed by atoms with van der Waals surface area (Å²) in [5.41, 5.74) is 0. The van der Waals surface area contributed by atoms with Crippen molar-refractivity contribution in [3.8, 4) is 0 Å². The van der Waals surface area contributed by atoms with Gasteiger partial charge >= 0.3 is 15.3 Å². The lowest BCUT2D eigenvalue weighted by atomic mass is 10.4. The second-order valence-electron chi connectivity index (χ2n) is 5.14. The minimum absolute atomic E-state index is 0.895. The highest BCUT2D eigenvalue weighted by Gasteiger charge is 2.43. The van der Waals surface area contributed by atoms with Crippen LogP contribution in [0.15, 0.2) is 69.7 Å². The Balaban J connectivity index is 2.41. The number of benzene rings is 2. The predicted molar refractivity (Wildman–Crippen MR) is 103 cm³/mol. The molecule has 0 amide bonds. The maximum atomic E-state index is 13.2. The lowest BCUT2D eigenvalue weighted by Gasteiger charge is -2.35. The normalized spacial score (nSPS) is 24.1. The van der Waals surface area contributed by atoms with E-state index in [1.54, 1.807) is 0 Å². The molecule has 7 nitrogen and oxygen atoms in total. The summed E-state index contributed by atoms with van der Waals surface area (Å²) >= 11 is 0. The fourth-order valence-electron chi connectivity index (χ4n) is 2.51. The molecule has 1 heterocycles. The van der Waals surface area contributed by atoms with E-state index in [4.69, 9.17) is 18.1 Å². The van der Waals surface area contributed by atoms with Gasteiger partial charge in [0.1, 0.15) is 7.21 Å². The zero-order valence-electron chi connectivity index (χ0n) is 14.1. The number of hydrogen-bond donors (Lipinski definition) is 1. The molecule has 1 unspecified atom stereocenters. The molecule has 0 bridgehead atoms. The Morgan fingerprint density at radius 3 is 1.64 bits per heavy atom. The van der Waals surface area contributed by atoms with E-state index in [0.29, 0.717) is 0 Å². The molecule has 0 aromatic heterocycles. The van der Waals surface area contributed by atoms with Gasteiger partial charge in [-0.15, -0.1) is 4.52 Å². The molecule has 0 saturated carbocycles. The van der Waals surface area contributed by atoms with Crippen LogP contribution in [-0.4, -0.2) is 21.3 Å². The molecule has 0 radical (unpaired) electrons. The fourth-order valence-corrected chi connectivity index (χ4v) is 13.2. The molecule has 2 aromatic carbocycles. The summed E-state index contributed by atoms with van der Waals surface area (Å²) in [6.07, 6.45) is 0. The van der Waals surface area contributed by atoms with Gasteiger partial charge in [0.05, 0.1) is 0 Å². The third-order valence-corrected chi connectivity index (χ3v) is 13.3. The number of hydrogen-bond acceptors (Lipinski definition) is 5. The molecule has 10 heteroatoms. The van der Waals surface area contributed by atoms with Crippen LogP contribution in [0.2, 0.25) is 0 Å². The van der Waals surface area contributed by atoms with Gasteiger partial charge in [-0.25, -0.2) is 4.57 Å². The SMILES string of the molecule is COP1(=O)N=P(OC)(OC)N=P(c2ccccc2)(c2ccccc2)N1. The molecule has 0 spiro atoms. The van der Waals surface area contributed by atoms with Crippen LogP contribution in [0, 0.1) is 0 Å². The van der Waals surface area contributed by atoms with Crippen molar-refractivity contribution in [1.82, 2.24) is 4.86 Å². The Bertz CT molecular complexity index is 851. The van der Waals surface area contributed by atoms with Crippen molar-refractivity contribution in [2.24, 2.45) is 9.03 Å². The van der Waals surface area contributed by atoms with E-state index >= 15 is 0 Å². The van der Waals surface area contributed by atoms with E-state index in [-0.39, 0.29) is 0 Å². The van der Waals surface area contributed by atoms with E-state index < -0.39 is 22.5 Å². The molecule has 134 valence electrons. The van der Waals surface area contributed by atoms with Gasteiger partial charge in [-0.05, 0) is 0 Å². The average Bonchev–Trinajstić information content (AvgIpc) is 2.69. The van der Waals surface area contributed by atoms with Gasteiger partial charge in [0.25, 0.3) is 0 Å². The Labute approximate surface area is 147 Å². The van der Waals surface area contributed by atoms with Crippen molar-refractivity contribution >= 4 is 33.1 Å². The monoisotopic (exact) mass is 399 g/mol. The Hall–Kier alpha value is -1.03. The first-order valence-electron chi connectivity index (χ1n) is 7.47. The highest BCUT2D eigenvalue weighted by Crippen LogP contribution is 2.74. The lowest BCUT2D eigenvalue weighted by molar-refractivity contribution is 0.326. The highest BCUT2D eigenvalue weighted by molar-refractivity contribution is 7.91. The van der Waals surface area contributed by atoms with Crippen molar-refractivity contribution in [1.29, 1.82) is 0 Å². The molecule has 25 heavy (non-hydrogen) atoms. The molecule has 2 aromatic rings. The van der Waals surface area contributed by atoms with Crippen molar-refractivity contribution in [3.05, 3.63) is 60.7 Å². The van der Waals surface area contributed by atoms with E-state index in [1.165, 1.54) is 21.3 Å². The van der Waals surface area contributed by atoms with Crippen molar-refractivity contribution in [2.75, 3.05) is 21.3 Å². The lowest BCUT2D eigenvalue weighted by Crippen LogP contribution is -2.27. The smallest absolute Gasteiger partial charge is 0.310 e. The summed E-state index contributed by atoms with van der Waals surface area (Å²) in [6.45, 7) is 0. The van der Waals surface area contributed by atoms with Gasteiger partial charge in [-0.2, -0.15) is 9.37 Å². The molecule has 1 N–H and O–H groups in total.